The van der Waals surface area contributed by atoms with E-state index in [0.717, 1.165) is 61.6 Å². The minimum Gasteiger partial charge on any atom is -0.360 e. The predicted molar refractivity (Wildman–Crippen MR) is 117 cm³/mol. The van der Waals surface area contributed by atoms with Gasteiger partial charge in [-0.25, -0.2) is 0 Å². The summed E-state index contributed by atoms with van der Waals surface area (Å²) >= 11 is 3.04. The average molecular weight is 420 g/mol. The van der Waals surface area contributed by atoms with Crippen LogP contribution in [0, 0.1) is 0 Å². The Morgan fingerprint density at radius 2 is 1.96 bits per heavy atom. The lowest BCUT2D eigenvalue weighted by atomic mass is 10.2. The smallest absolute Gasteiger partial charge is 0.235 e. The van der Waals surface area contributed by atoms with E-state index in [9.17, 15) is 4.79 Å². The number of anilines is 1. The Morgan fingerprint density at radius 3 is 2.68 bits per heavy atom. The molecule has 0 aliphatic carbocycles. The van der Waals surface area contributed by atoms with Gasteiger partial charge in [-0.1, -0.05) is 66.8 Å². The quantitative estimate of drug-likeness (QED) is 0.495. The molecular weight excluding hydrogens is 390 g/mol. The molecule has 28 heavy (non-hydrogen) atoms. The molecule has 0 unspecified atom stereocenters. The van der Waals surface area contributed by atoms with Crippen molar-refractivity contribution in [1.29, 1.82) is 0 Å². The van der Waals surface area contributed by atoms with E-state index >= 15 is 0 Å². The fourth-order valence-electron chi connectivity index (χ4n) is 3.13. The van der Waals surface area contributed by atoms with E-state index in [-0.39, 0.29) is 11.2 Å². The van der Waals surface area contributed by atoms with Crippen molar-refractivity contribution in [3.05, 3.63) is 35.9 Å². The predicted octanol–water partition coefficient (Wildman–Crippen LogP) is 3.58. The molecule has 1 fully saturated rings. The number of hydrogen-bond acceptors (Lipinski definition) is 7. The SMILES string of the molecule is CCCCNc1nnc(S[C@@H](C)C(=O)N2CCN(Cc3ccccc3)CC2)s1. The van der Waals surface area contributed by atoms with Crippen LogP contribution in [-0.2, 0) is 11.3 Å². The highest BCUT2D eigenvalue weighted by Gasteiger charge is 2.26. The van der Waals surface area contributed by atoms with Crippen molar-refractivity contribution in [2.24, 2.45) is 0 Å². The number of nitrogens with one attached hydrogen (secondary N) is 1. The van der Waals surface area contributed by atoms with Gasteiger partial charge in [0.05, 0.1) is 5.25 Å². The molecule has 3 rings (SSSR count). The number of rotatable bonds is 9. The number of carbonyl (C=O) groups excluding carboxylic acids is 1. The number of piperazine rings is 1. The Morgan fingerprint density at radius 1 is 1.21 bits per heavy atom. The summed E-state index contributed by atoms with van der Waals surface area (Å²) < 4.78 is 0.850. The van der Waals surface area contributed by atoms with E-state index in [1.807, 2.05) is 17.9 Å². The Labute approximate surface area is 175 Å². The van der Waals surface area contributed by atoms with Gasteiger partial charge in [0.2, 0.25) is 11.0 Å². The first-order chi connectivity index (χ1) is 13.7. The van der Waals surface area contributed by atoms with Gasteiger partial charge in [-0.3, -0.25) is 9.69 Å². The van der Waals surface area contributed by atoms with E-state index in [1.165, 1.54) is 28.7 Å². The molecule has 0 saturated carbocycles. The maximum Gasteiger partial charge on any atom is 0.235 e. The number of hydrogen-bond donors (Lipinski definition) is 1. The van der Waals surface area contributed by atoms with Crippen LogP contribution in [0.1, 0.15) is 32.3 Å². The van der Waals surface area contributed by atoms with Gasteiger partial charge in [0.25, 0.3) is 0 Å². The van der Waals surface area contributed by atoms with Crippen molar-refractivity contribution in [2.75, 3.05) is 38.0 Å². The Balaban J connectivity index is 1.43. The average Bonchev–Trinajstić information content (AvgIpc) is 3.16. The highest BCUT2D eigenvalue weighted by Crippen LogP contribution is 2.30. The molecule has 1 atom stereocenters. The van der Waals surface area contributed by atoms with Crippen LogP contribution in [0.4, 0.5) is 5.13 Å². The first-order valence-corrected chi connectivity index (χ1v) is 11.6. The van der Waals surface area contributed by atoms with Gasteiger partial charge in [0, 0.05) is 39.3 Å². The maximum atomic E-state index is 12.8. The topological polar surface area (TPSA) is 61.4 Å². The van der Waals surface area contributed by atoms with Crippen molar-refractivity contribution >= 4 is 34.1 Å². The molecule has 0 bridgehead atoms. The van der Waals surface area contributed by atoms with Crippen molar-refractivity contribution < 1.29 is 4.79 Å². The van der Waals surface area contributed by atoms with Gasteiger partial charge < -0.3 is 10.2 Å². The third kappa shape index (κ3) is 6.18. The molecule has 1 aromatic heterocycles. The van der Waals surface area contributed by atoms with Gasteiger partial charge in [-0.05, 0) is 18.9 Å². The van der Waals surface area contributed by atoms with Gasteiger partial charge >= 0.3 is 0 Å². The van der Waals surface area contributed by atoms with Gasteiger partial charge in [0.15, 0.2) is 4.34 Å². The van der Waals surface area contributed by atoms with Crippen LogP contribution in [0.15, 0.2) is 34.7 Å². The molecule has 1 saturated heterocycles. The lowest BCUT2D eigenvalue weighted by Gasteiger charge is -2.35. The van der Waals surface area contributed by atoms with Crippen LogP contribution in [0.3, 0.4) is 0 Å². The highest BCUT2D eigenvalue weighted by molar-refractivity contribution is 8.02. The molecule has 1 aliphatic heterocycles. The Bertz CT molecular complexity index is 731. The standard InChI is InChI=1S/C20H29N5OS2/c1-3-4-10-21-19-22-23-20(28-19)27-16(2)18(26)25-13-11-24(12-14-25)15-17-8-6-5-7-9-17/h5-9,16H,3-4,10-15H2,1-2H3,(H,21,22)/t16-/m0/s1. The van der Waals surface area contributed by atoms with Crippen LogP contribution >= 0.6 is 23.1 Å². The van der Waals surface area contributed by atoms with Gasteiger partial charge in [-0.15, -0.1) is 10.2 Å². The number of aromatic nitrogens is 2. The monoisotopic (exact) mass is 419 g/mol. The molecule has 0 spiro atoms. The lowest BCUT2D eigenvalue weighted by molar-refractivity contribution is -0.132. The van der Waals surface area contributed by atoms with Crippen molar-refractivity contribution in [3.63, 3.8) is 0 Å². The van der Waals surface area contributed by atoms with E-state index in [4.69, 9.17) is 0 Å². The zero-order chi connectivity index (χ0) is 19.8. The second-order valence-electron chi connectivity index (χ2n) is 7.00. The number of carbonyl (C=O) groups is 1. The fourth-order valence-corrected chi connectivity index (χ4v) is 5.13. The van der Waals surface area contributed by atoms with E-state index < -0.39 is 0 Å². The second kappa shape index (κ2) is 10.8. The first-order valence-electron chi connectivity index (χ1n) is 9.95. The zero-order valence-corrected chi connectivity index (χ0v) is 18.3. The summed E-state index contributed by atoms with van der Waals surface area (Å²) in [5, 5.41) is 12.4. The summed E-state index contributed by atoms with van der Waals surface area (Å²) in [5.41, 5.74) is 1.32. The minimum absolute atomic E-state index is 0.142. The number of benzene rings is 1. The summed E-state index contributed by atoms with van der Waals surface area (Å²) in [6, 6.07) is 10.5. The zero-order valence-electron chi connectivity index (χ0n) is 16.6. The van der Waals surface area contributed by atoms with Crippen molar-refractivity contribution in [1.82, 2.24) is 20.0 Å². The largest absolute Gasteiger partial charge is 0.360 e. The van der Waals surface area contributed by atoms with Crippen LogP contribution in [-0.4, -0.2) is 63.9 Å². The lowest BCUT2D eigenvalue weighted by Crippen LogP contribution is -2.50. The fraction of sp³-hybridized carbons (Fsp3) is 0.550. The van der Waals surface area contributed by atoms with E-state index in [2.05, 4.69) is 51.6 Å². The highest BCUT2D eigenvalue weighted by atomic mass is 32.2. The summed E-state index contributed by atoms with van der Waals surface area (Å²) in [4.78, 5) is 17.2. The summed E-state index contributed by atoms with van der Waals surface area (Å²) in [5.74, 6) is 0.194. The molecule has 2 aromatic rings. The molecule has 1 aromatic carbocycles. The van der Waals surface area contributed by atoms with Crippen LogP contribution in [0.5, 0.6) is 0 Å². The first kappa shape index (κ1) is 21.1. The minimum atomic E-state index is -0.142. The molecule has 1 aliphatic rings. The molecule has 8 heteroatoms. The van der Waals surface area contributed by atoms with Crippen LogP contribution in [0.25, 0.3) is 0 Å². The van der Waals surface area contributed by atoms with Crippen LogP contribution in [0.2, 0.25) is 0 Å². The molecule has 1 amide bonds. The summed E-state index contributed by atoms with van der Waals surface area (Å²) in [6.07, 6.45) is 2.27. The number of nitrogens with zero attached hydrogens (tertiary/aromatic N) is 4. The van der Waals surface area contributed by atoms with Crippen LogP contribution < -0.4 is 5.32 Å². The third-order valence-corrected chi connectivity index (χ3v) is 6.82. The van der Waals surface area contributed by atoms with E-state index in [0.29, 0.717) is 0 Å². The Hall–Kier alpha value is -1.64. The Kier molecular flexibility index (Phi) is 8.12. The van der Waals surface area contributed by atoms with E-state index in [1.54, 1.807) is 0 Å². The molecular formula is C20H29N5OS2. The maximum absolute atomic E-state index is 12.8. The molecule has 0 radical (unpaired) electrons. The van der Waals surface area contributed by atoms with Gasteiger partial charge in [-0.2, -0.15) is 0 Å². The molecule has 2 heterocycles. The number of amides is 1. The second-order valence-corrected chi connectivity index (χ2v) is 9.57. The number of unbranched alkanes of at least 4 members (excludes halogenated alkanes) is 1. The number of thioether (sulfide) groups is 1. The molecule has 6 nitrogen and oxygen atoms in total. The third-order valence-electron chi connectivity index (χ3n) is 4.77. The van der Waals surface area contributed by atoms with Gasteiger partial charge in [0.1, 0.15) is 0 Å². The summed E-state index contributed by atoms with van der Waals surface area (Å²) in [7, 11) is 0. The summed E-state index contributed by atoms with van der Waals surface area (Å²) in [6.45, 7) is 9.41. The van der Waals surface area contributed by atoms with Crippen molar-refractivity contribution in [2.45, 2.75) is 42.8 Å². The van der Waals surface area contributed by atoms with Crippen molar-refractivity contribution in [3.8, 4) is 0 Å². The molecule has 1 N–H and O–H groups in total. The normalized spacial score (nSPS) is 16.1. The molecule has 152 valence electrons.